The molecular formula is C23H21ClN2O6S2. The van der Waals surface area contributed by atoms with Crippen LogP contribution in [0.15, 0.2) is 59.0 Å². The highest BCUT2D eigenvalue weighted by molar-refractivity contribution is 8.26. The van der Waals surface area contributed by atoms with Gasteiger partial charge in [-0.15, -0.1) is 12.4 Å². The van der Waals surface area contributed by atoms with Gasteiger partial charge in [-0.3, -0.25) is 14.5 Å². The predicted octanol–water partition coefficient (Wildman–Crippen LogP) is 3.07. The zero-order valence-electron chi connectivity index (χ0n) is 17.9. The maximum Gasteiger partial charge on any atom is 0.331 e. The number of methoxy groups -OCH3 is 1. The van der Waals surface area contributed by atoms with E-state index in [1.807, 2.05) is 24.3 Å². The summed E-state index contributed by atoms with van der Waals surface area (Å²) in [5, 5.41) is 9.59. The van der Waals surface area contributed by atoms with Crippen molar-refractivity contribution in [2.24, 2.45) is 5.73 Å². The first-order valence-corrected chi connectivity index (χ1v) is 11.2. The Kier molecular flexibility index (Phi) is 7.98. The number of benzene rings is 2. The first kappa shape index (κ1) is 25.7. The van der Waals surface area contributed by atoms with E-state index in [2.05, 4.69) is 4.74 Å². The summed E-state index contributed by atoms with van der Waals surface area (Å²) in [5.74, 6) is -0.663. The van der Waals surface area contributed by atoms with Crippen molar-refractivity contribution in [3.63, 3.8) is 0 Å². The van der Waals surface area contributed by atoms with E-state index in [-0.39, 0.29) is 22.6 Å². The molecule has 8 nitrogen and oxygen atoms in total. The van der Waals surface area contributed by atoms with E-state index in [1.54, 1.807) is 24.3 Å². The van der Waals surface area contributed by atoms with E-state index in [1.165, 1.54) is 12.0 Å². The molecule has 178 valence electrons. The molecule has 0 aromatic heterocycles. The van der Waals surface area contributed by atoms with Gasteiger partial charge in [0.15, 0.2) is 6.04 Å². The second-order valence-corrected chi connectivity index (χ2v) is 9.18. The third kappa shape index (κ3) is 5.10. The van der Waals surface area contributed by atoms with Crippen LogP contribution in [0.2, 0.25) is 0 Å². The van der Waals surface area contributed by atoms with E-state index in [0.717, 1.165) is 22.9 Å². The van der Waals surface area contributed by atoms with Crippen molar-refractivity contribution in [2.75, 3.05) is 7.11 Å². The fourth-order valence-corrected chi connectivity index (χ4v) is 5.13. The van der Waals surface area contributed by atoms with Crippen molar-refractivity contribution < 1.29 is 29.0 Å². The molecule has 2 aromatic carbocycles. The molecule has 2 aliphatic heterocycles. The Balaban J connectivity index is 0.00000324. The van der Waals surface area contributed by atoms with Crippen molar-refractivity contribution in [3.8, 4) is 11.5 Å². The number of ether oxygens (including phenoxy) is 2. The lowest BCUT2D eigenvalue weighted by Gasteiger charge is -2.23. The molecule has 2 bridgehead atoms. The highest BCUT2D eigenvalue weighted by Crippen LogP contribution is 2.44. The quantitative estimate of drug-likeness (QED) is 0.399. The summed E-state index contributed by atoms with van der Waals surface area (Å²) in [6.07, 6.45) is 0.694. The maximum absolute atomic E-state index is 12.3. The first-order valence-electron chi connectivity index (χ1n) is 9.99. The van der Waals surface area contributed by atoms with Gasteiger partial charge in [-0.2, -0.15) is 0 Å². The molecule has 11 heteroatoms. The average molecular weight is 521 g/mol. The molecule has 1 amide bonds. The highest BCUT2D eigenvalue weighted by atomic mass is 35.5. The van der Waals surface area contributed by atoms with E-state index in [4.69, 9.17) is 22.7 Å². The van der Waals surface area contributed by atoms with Crippen LogP contribution in [0.5, 0.6) is 11.5 Å². The summed E-state index contributed by atoms with van der Waals surface area (Å²) < 4.78 is 10.8. The van der Waals surface area contributed by atoms with Crippen LogP contribution in [0, 0.1) is 0 Å². The number of amides is 1. The second kappa shape index (κ2) is 10.6. The van der Waals surface area contributed by atoms with E-state index >= 15 is 0 Å². The van der Waals surface area contributed by atoms with Gasteiger partial charge in [-0.05, 0) is 53.8 Å². The third-order valence-electron chi connectivity index (χ3n) is 5.35. The van der Waals surface area contributed by atoms with Gasteiger partial charge < -0.3 is 20.3 Å². The largest absolute Gasteiger partial charge is 0.479 e. The average Bonchev–Trinajstić information content (AvgIpc) is 3.23. The molecule has 34 heavy (non-hydrogen) atoms. The van der Waals surface area contributed by atoms with Crippen molar-refractivity contribution in [2.45, 2.75) is 24.9 Å². The molecule has 2 unspecified atom stereocenters. The summed E-state index contributed by atoms with van der Waals surface area (Å²) in [5.41, 5.74) is 8.08. The Morgan fingerprint density at radius 1 is 1.12 bits per heavy atom. The minimum absolute atomic E-state index is 0. The Hall–Kier alpha value is -2.92. The number of thioether (sulfide) groups is 1. The number of esters is 1. The Labute approximate surface area is 211 Å². The van der Waals surface area contributed by atoms with Crippen LogP contribution >= 0.6 is 36.4 Å². The summed E-state index contributed by atoms with van der Waals surface area (Å²) in [6.45, 7) is 0. The van der Waals surface area contributed by atoms with Crippen LogP contribution in [0.1, 0.15) is 11.1 Å². The fraction of sp³-hybridized carbons (Fsp3) is 0.217. The maximum atomic E-state index is 12.3. The molecule has 1 saturated heterocycles. The fourth-order valence-electron chi connectivity index (χ4n) is 3.73. The van der Waals surface area contributed by atoms with Gasteiger partial charge in [0.2, 0.25) is 0 Å². The minimum atomic E-state index is -1.09. The number of thiocarbonyl (C=S) groups is 1. The number of carbonyl (C=O) groups is 3. The SMILES string of the molecule is COC(=O)C(N)Cc1ccc(Oc2ccc(CC3=C4SC(=S)N(C4=O)C3C(=O)O)cc2)cc1.Cl. The molecule has 0 spiro atoms. The molecule has 2 heterocycles. The van der Waals surface area contributed by atoms with Gasteiger partial charge in [0.1, 0.15) is 21.9 Å². The number of carbonyl (C=O) groups excluding carboxylic acids is 2. The normalized spacial score (nSPS) is 17.5. The molecule has 4 rings (SSSR count). The third-order valence-corrected chi connectivity index (χ3v) is 6.81. The number of hydrogen-bond donors (Lipinski definition) is 2. The molecule has 2 aliphatic rings. The van der Waals surface area contributed by atoms with E-state index in [9.17, 15) is 19.5 Å². The summed E-state index contributed by atoms with van der Waals surface area (Å²) in [6, 6.07) is 12.7. The van der Waals surface area contributed by atoms with Gasteiger partial charge >= 0.3 is 11.9 Å². The van der Waals surface area contributed by atoms with Gasteiger partial charge in [-0.1, -0.05) is 48.2 Å². The number of aliphatic carboxylic acids is 1. The lowest BCUT2D eigenvalue weighted by atomic mass is 10.00. The zero-order valence-corrected chi connectivity index (χ0v) is 20.4. The first-order chi connectivity index (χ1) is 15.8. The van der Waals surface area contributed by atoms with E-state index in [0.29, 0.717) is 34.8 Å². The molecule has 3 N–H and O–H groups in total. The van der Waals surface area contributed by atoms with Crippen LogP contribution in [-0.4, -0.2) is 51.4 Å². The number of halogens is 1. The van der Waals surface area contributed by atoms with Crippen molar-refractivity contribution >= 4 is 58.6 Å². The standard InChI is InChI=1S/C23H20N2O6S2.ClH/c1-30-22(29)17(24)11-13-4-8-15(9-5-13)31-14-6-2-12(3-7-14)10-16-18(21(27)28)25-20(26)19(16)33-23(25)32;/h2-9,17-18H,10-11,24H2,1H3,(H,27,28);1H. The Morgan fingerprint density at radius 3 is 2.21 bits per heavy atom. The van der Waals surface area contributed by atoms with Crippen molar-refractivity contribution in [3.05, 3.63) is 70.1 Å². The van der Waals surface area contributed by atoms with Crippen LogP contribution in [-0.2, 0) is 32.0 Å². The molecule has 0 saturated carbocycles. The number of hydrogen-bond acceptors (Lipinski definition) is 8. The predicted molar refractivity (Wildman–Crippen MR) is 133 cm³/mol. The smallest absolute Gasteiger partial charge is 0.331 e. The molecule has 0 aliphatic carbocycles. The lowest BCUT2D eigenvalue weighted by molar-refractivity contribution is -0.143. The number of nitrogens with zero attached hydrogens (tertiary/aromatic N) is 1. The lowest BCUT2D eigenvalue weighted by Crippen LogP contribution is -2.42. The zero-order chi connectivity index (χ0) is 23.7. The van der Waals surface area contributed by atoms with Gasteiger partial charge in [-0.25, -0.2) is 4.79 Å². The number of carboxylic acids is 1. The number of rotatable bonds is 8. The summed E-state index contributed by atoms with van der Waals surface area (Å²) >= 11 is 6.26. The summed E-state index contributed by atoms with van der Waals surface area (Å²) in [7, 11) is 1.30. The molecular weight excluding hydrogens is 500 g/mol. The van der Waals surface area contributed by atoms with Crippen molar-refractivity contribution in [1.82, 2.24) is 4.90 Å². The van der Waals surface area contributed by atoms with Gasteiger partial charge in [0.25, 0.3) is 5.91 Å². The van der Waals surface area contributed by atoms with Crippen LogP contribution in [0.25, 0.3) is 0 Å². The van der Waals surface area contributed by atoms with Gasteiger partial charge in [0, 0.05) is 0 Å². The van der Waals surface area contributed by atoms with Crippen LogP contribution in [0.4, 0.5) is 0 Å². The highest BCUT2D eigenvalue weighted by Gasteiger charge is 2.51. The van der Waals surface area contributed by atoms with Crippen LogP contribution in [0.3, 0.4) is 0 Å². The number of carboxylic acid groups (broad SMARTS) is 1. The van der Waals surface area contributed by atoms with Crippen molar-refractivity contribution in [1.29, 1.82) is 0 Å². The summed E-state index contributed by atoms with van der Waals surface area (Å²) in [4.78, 5) is 37.1. The Bertz CT molecular complexity index is 1170. The molecule has 1 fully saturated rings. The molecule has 2 atom stereocenters. The topological polar surface area (TPSA) is 119 Å². The molecule has 2 aromatic rings. The minimum Gasteiger partial charge on any atom is -0.479 e. The number of fused-ring (bicyclic) bond motifs is 2. The Morgan fingerprint density at radius 2 is 1.68 bits per heavy atom. The van der Waals surface area contributed by atoms with Gasteiger partial charge in [0.05, 0.1) is 12.0 Å². The monoisotopic (exact) mass is 520 g/mol. The van der Waals surface area contributed by atoms with Crippen LogP contribution < -0.4 is 10.5 Å². The number of nitrogens with two attached hydrogens (primary N) is 1. The van der Waals surface area contributed by atoms with E-state index < -0.39 is 24.0 Å². The second-order valence-electron chi connectivity index (χ2n) is 7.54. The molecule has 0 radical (unpaired) electrons.